The molecule has 1 heterocycles. The molecule has 134 valence electrons. The van der Waals surface area contributed by atoms with Gasteiger partial charge in [0.15, 0.2) is 0 Å². The van der Waals surface area contributed by atoms with Gasteiger partial charge in [0.25, 0.3) is 0 Å². The van der Waals surface area contributed by atoms with Gasteiger partial charge in [-0.25, -0.2) is 4.98 Å². The van der Waals surface area contributed by atoms with Crippen molar-refractivity contribution in [3.63, 3.8) is 0 Å². The summed E-state index contributed by atoms with van der Waals surface area (Å²) in [4.78, 5) is 17.0. The van der Waals surface area contributed by atoms with E-state index in [4.69, 9.17) is 11.6 Å². The van der Waals surface area contributed by atoms with E-state index in [9.17, 15) is 4.79 Å². The van der Waals surface area contributed by atoms with Crippen molar-refractivity contribution in [1.29, 1.82) is 0 Å². The molecule has 0 bridgehead atoms. The summed E-state index contributed by atoms with van der Waals surface area (Å²) in [6, 6.07) is 15.3. The molecule has 26 heavy (non-hydrogen) atoms. The number of nitrogens with one attached hydrogen (secondary N) is 2. The minimum absolute atomic E-state index is 0.112. The van der Waals surface area contributed by atoms with Crippen LogP contribution in [-0.2, 0) is 4.79 Å². The van der Waals surface area contributed by atoms with Crippen molar-refractivity contribution in [2.45, 2.75) is 19.8 Å². The first-order valence-corrected chi connectivity index (χ1v) is 9.49. The lowest BCUT2D eigenvalue weighted by Gasteiger charge is -2.15. The number of pyridine rings is 1. The molecule has 0 aliphatic heterocycles. The van der Waals surface area contributed by atoms with Crippen LogP contribution in [-0.4, -0.2) is 17.4 Å². The topological polar surface area (TPSA) is 54.0 Å². The number of rotatable bonds is 5. The Morgan fingerprint density at radius 3 is 2.69 bits per heavy atom. The normalized spacial score (nSPS) is 11.0. The zero-order valence-corrected chi connectivity index (χ0v) is 16.9. The zero-order valence-electron chi connectivity index (χ0n) is 14.5. The first-order valence-electron chi connectivity index (χ1n) is 8.32. The summed E-state index contributed by atoms with van der Waals surface area (Å²) in [5.74, 6) is 0.661. The summed E-state index contributed by atoms with van der Waals surface area (Å²) in [5, 5.41) is 7.59. The van der Waals surface area contributed by atoms with Crippen LogP contribution in [0.2, 0.25) is 5.02 Å². The highest BCUT2D eigenvalue weighted by Gasteiger charge is 2.13. The van der Waals surface area contributed by atoms with Gasteiger partial charge >= 0.3 is 0 Å². The van der Waals surface area contributed by atoms with Gasteiger partial charge in [-0.3, -0.25) is 4.79 Å². The molecule has 0 saturated carbocycles. The lowest BCUT2D eigenvalue weighted by molar-refractivity contribution is -0.114. The van der Waals surface area contributed by atoms with E-state index in [1.54, 1.807) is 6.07 Å². The lowest BCUT2D eigenvalue weighted by Crippen LogP contribution is -2.23. The van der Waals surface area contributed by atoms with Gasteiger partial charge in [-0.15, -0.1) is 0 Å². The van der Waals surface area contributed by atoms with Crippen LogP contribution >= 0.6 is 27.5 Å². The van der Waals surface area contributed by atoms with Crippen LogP contribution in [0.15, 0.2) is 53.0 Å². The van der Waals surface area contributed by atoms with Crippen molar-refractivity contribution < 1.29 is 4.79 Å². The highest BCUT2D eigenvalue weighted by atomic mass is 79.9. The highest BCUT2D eigenvalue weighted by molar-refractivity contribution is 9.10. The second-order valence-electron chi connectivity index (χ2n) is 6.30. The van der Waals surface area contributed by atoms with E-state index in [0.29, 0.717) is 10.8 Å². The van der Waals surface area contributed by atoms with E-state index in [-0.39, 0.29) is 18.4 Å². The maximum absolute atomic E-state index is 12.4. The fourth-order valence-electron chi connectivity index (χ4n) is 2.66. The van der Waals surface area contributed by atoms with E-state index >= 15 is 0 Å². The van der Waals surface area contributed by atoms with Gasteiger partial charge < -0.3 is 10.6 Å². The van der Waals surface area contributed by atoms with Crippen molar-refractivity contribution in [3.05, 3.63) is 63.6 Å². The Bertz CT molecular complexity index is 959. The number of carbonyl (C=O) groups excluding carboxylic acids is 1. The molecule has 3 rings (SSSR count). The fourth-order valence-corrected chi connectivity index (χ4v) is 3.24. The summed E-state index contributed by atoms with van der Waals surface area (Å²) in [5.41, 5.74) is 2.57. The third-order valence-corrected chi connectivity index (χ3v) is 4.82. The van der Waals surface area contributed by atoms with Crippen LogP contribution in [0, 0.1) is 0 Å². The van der Waals surface area contributed by atoms with E-state index in [2.05, 4.69) is 51.5 Å². The molecule has 1 aromatic heterocycles. The average molecular weight is 433 g/mol. The standard InChI is InChI=1S/C20H19BrClN3O/c1-12(2)15-10-13-9-14(21)7-8-17(13)24-20(15)25-19(26)11-23-18-6-4-3-5-16(18)22/h3-10,12,23H,11H2,1-2H3,(H,24,25,26). The van der Waals surface area contributed by atoms with E-state index in [1.165, 1.54) is 0 Å². The Balaban J connectivity index is 1.80. The number of fused-ring (bicyclic) bond motifs is 1. The largest absolute Gasteiger partial charge is 0.375 e. The molecular weight excluding hydrogens is 414 g/mol. The van der Waals surface area contributed by atoms with Gasteiger partial charge in [-0.2, -0.15) is 0 Å². The van der Waals surface area contributed by atoms with E-state index < -0.39 is 0 Å². The number of carbonyl (C=O) groups is 1. The molecule has 0 spiro atoms. The summed E-state index contributed by atoms with van der Waals surface area (Å²) in [6.45, 7) is 4.28. The predicted octanol–water partition coefficient (Wildman–Crippen LogP) is 5.82. The number of amides is 1. The van der Waals surface area contributed by atoms with Crippen molar-refractivity contribution in [3.8, 4) is 0 Å². The van der Waals surface area contributed by atoms with Crippen LogP contribution < -0.4 is 10.6 Å². The van der Waals surface area contributed by atoms with Crippen molar-refractivity contribution in [2.75, 3.05) is 17.2 Å². The Kier molecular flexibility index (Phi) is 5.79. The molecular formula is C20H19BrClN3O. The minimum atomic E-state index is -0.171. The SMILES string of the molecule is CC(C)c1cc2cc(Br)ccc2nc1NC(=O)CNc1ccccc1Cl. The number of nitrogens with zero attached hydrogens (tertiary/aromatic N) is 1. The molecule has 0 aliphatic carbocycles. The molecule has 2 N–H and O–H groups in total. The van der Waals surface area contributed by atoms with Crippen LogP contribution in [0.5, 0.6) is 0 Å². The molecule has 4 nitrogen and oxygen atoms in total. The number of halogens is 2. The quantitative estimate of drug-likeness (QED) is 0.534. The summed E-state index contributed by atoms with van der Waals surface area (Å²) >= 11 is 9.59. The number of benzene rings is 2. The number of anilines is 2. The van der Waals surface area contributed by atoms with E-state index in [0.717, 1.165) is 26.6 Å². The third kappa shape index (κ3) is 4.34. The maximum atomic E-state index is 12.4. The lowest BCUT2D eigenvalue weighted by atomic mass is 10.0. The molecule has 0 radical (unpaired) electrons. The number of aromatic nitrogens is 1. The van der Waals surface area contributed by atoms with Crippen molar-refractivity contribution in [1.82, 2.24) is 4.98 Å². The van der Waals surface area contributed by atoms with E-state index in [1.807, 2.05) is 36.4 Å². The molecule has 0 saturated heterocycles. The van der Waals surface area contributed by atoms with Crippen LogP contribution in [0.1, 0.15) is 25.3 Å². The Hall–Kier alpha value is -2.11. The third-order valence-electron chi connectivity index (χ3n) is 4.00. The average Bonchev–Trinajstić information content (AvgIpc) is 2.60. The smallest absolute Gasteiger partial charge is 0.244 e. The monoisotopic (exact) mass is 431 g/mol. The van der Waals surface area contributed by atoms with Crippen molar-refractivity contribution >= 4 is 55.8 Å². The van der Waals surface area contributed by atoms with Crippen LogP contribution in [0.25, 0.3) is 10.9 Å². The van der Waals surface area contributed by atoms with Gasteiger partial charge in [-0.1, -0.05) is 53.5 Å². The minimum Gasteiger partial charge on any atom is -0.375 e. The van der Waals surface area contributed by atoms with Gasteiger partial charge in [0.2, 0.25) is 5.91 Å². The molecule has 0 atom stereocenters. The fraction of sp³-hybridized carbons (Fsp3) is 0.200. The van der Waals surface area contributed by atoms with Gasteiger partial charge in [0.05, 0.1) is 22.8 Å². The predicted molar refractivity (Wildman–Crippen MR) is 112 cm³/mol. The summed E-state index contributed by atoms with van der Waals surface area (Å²) in [6.07, 6.45) is 0. The van der Waals surface area contributed by atoms with Crippen LogP contribution in [0.3, 0.4) is 0 Å². The van der Waals surface area contributed by atoms with Crippen LogP contribution in [0.4, 0.5) is 11.5 Å². The highest BCUT2D eigenvalue weighted by Crippen LogP contribution is 2.28. The summed E-state index contributed by atoms with van der Waals surface area (Å²) in [7, 11) is 0. The number of hydrogen-bond acceptors (Lipinski definition) is 3. The second kappa shape index (κ2) is 8.06. The maximum Gasteiger partial charge on any atom is 0.244 e. The second-order valence-corrected chi connectivity index (χ2v) is 7.62. The van der Waals surface area contributed by atoms with Gasteiger partial charge in [-0.05, 0) is 47.9 Å². The molecule has 0 aliphatic rings. The molecule has 1 amide bonds. The molecule has 0 unspecified atom stereocenters. The first-order chi connectivity index (χ1) is 12.4. The van der Waals surface area contributed by atoms with Gasteiger partial charge in [0.1, 0.15) is 5.82 Å². The van der Waals surface area contributed by atoms with Gasteiger partial charge in [0, 0.05) is 9.86 Å². The zero-order chi connectivity index (χ0) is 18.7. The first kappa shape index (κ1) is 18.7. The Morgan fingerprint density at radius 2 is 1.96 bits per heavy atom. The molecule has 0 fully saturated rings. The number of hydrogen-bond donors (Lipinski definition) is 2. The summed E-state index contributed by atoms with van der Waals surface area (Å²) < 4.78 is 1.00. The van der Waals surface area contributed by atoms with Crippen molar-refractivity contribution in [2.24, 2.45) is 0 Å². The molecule has 6 heteroatoms. The Labute approximate surface area is 166 Å². The molecule has 2 aromatic carbocycles. The Morgan fingerprint density at radius 1 is 1.19 bits per heavy atom. The molecule has 3 aromatic rings. The number of para-hydroxylation sites is 1.